The molecule has 0 aliphatic carbocycles. The summed E-state index contributed by atoms with van der Waals surface area (Å²) in [5.74, 6) is 0.199. The predicted molar refractivity (Wildman–Crippen MR) is 83.3 cm³/mol. The predicted octanol–water partition coefficient (Wildman–Crippen LogP) is 3.43. The van der Waals surface area contributed by atoms with Gasteiger partial charge in [0.05, 0.1) is 6.61 Å². The molecule has 1 heterocycles. The normalized spacial score (nSPS) is 10.2. The maximum absolute atomic E-state index is 11.9. The molecule has 4 nitrogen and oxygen atoms in total. The number of nitrogens with one attached hydrogen (secondary N) is 1. The molecule has 0 unspecified atom stereocenters. The first-order chi connectivity index (χ1) is 10.2. The van der Waals surface area contributed by atoms with Crippen LogP contribution in [0.25, 0.3) is 0 Å². The van der Waals surface area contributed by atoms with Crippen LogP contribution in [0, 0.1) is 0 Å². The van der Waals surface area contributed by atoms with Crippen LogP contribution in [-0.2, 0) is 17.7 Å². The first kappa shape index (κ1) is 15.0. The van der Waals surface area contributed by atoms with Gasteiger partial charge in [0.2, 0.25) is 0 Å². The highest BCUT2D eigenvalue weighted by molar-refractivity contribution is 5.94. The first-order valence-corrected chi connectivity index (χ1v) is 7.18. The lowest BCUT2D eigenvalue weighted by atomic mass is 10.1. The fourth-order valence-corrected chi connectivity index (χ4v) is 2.00. The molecule has 2 rings (SSSR count). The third kappa shape index (κ3) is 4.05. The van der Waals surface area contributed by atoms with E-state index in [2.05, 4.69) is 41.5 Å². The van der Waals surface area contributed by atoms with Gasteiger partial charge in [-0.05, 0) is 36.6 Å². The molecule has 0 saturated carbocycles. The number of benzene rings is 1. The SMILES string of the molecule is CCOC(=O)c1cccnc1NCc1ccc(CC)cc1. The second-order valence-corrected chi connectivity index (χ2v) is 4.64. The molecule has 0 aliphatic rings. The Morgan fingerprint density at radius 3 is 2.52 bits per heavy atom. The molecule has 0 fully saturated rings. The number of carbonyl (C=O) groups excluding carboxylic acids is 1. The number of aryl methyl sites for hydroxylation is 1. The van der Waals surface area contributed by atoms with Crippen molar-refractivity contribution in [1.82, 2.24) is 4.98 Å². The van der Waals surface area contributed by atoms with Gasteiger partial charge in [-0.2, -0.15) is 0 Å². The maximum Gasteiger partial charge on any atom is 0.341 e. The molecule has 110 valence electrons. The number of pyridine rings is 1. The van der Waals surface area contributed by atoms with E-state index in [0.29, 0.717) is 24.5 Å². The summed E-state index contributed by atoms with van der Waals surface area (Å²) in [6.45, 7) is 4.89. The van der Waals surface area contributed by atoms with E-state index in [-0.39, 0.29) is 5.97 Å². The first-order valence-electron chi connectivity index (χ1n) is 7.18. The van der Waals surface area contributed by atoms with Gasteiger partial charge in [-0.1, -0.05) is 31.2 Å². The van der Waals surface area contributed by atoms with E-state index in [1.807, 2.05) is 0 Å². The lowest BCUT2D eigenvalue weighted by Crippen LogP contribution is -2.11. The van der Waals surface area contributed by atoms with Gasteiger partial charge >= 0.3 is 5.97 Å². The van der Waals surface area contributed by atoms with E-state index in [1.54, 1.807) is 25.3 Å². The van der Waals surface area contributed by atoms with E-state index in [1.165, 1.54) is 5.56 Å². The standard InChI is InChI=1S/C17H20N2O2/c1-3-13-7-9-14(10-8-13)12-19-16-15(6-5-11-18-16)17(20)21-4-2/h5-11H,3-4,12H2,1-2H3,(H,18,19). The van der Waals surface area contributed by atoms with Crippen molar-refractivity contribution in [3.05, 3.63) is 59.3 Å². The van der Waals surface area contributed by atoms with Crippen LogP contribution in [0.3, 0.4) is 0 Å². The highest BCUT2D eigenvalue weighted by atomic mass is 16.5. The summed E-state index contributed by atoms with van der Waals surface area (Å²) in [5, 5.41) is 3.19. The summed E-state index contributed by atoms with van der Waals surface area (Å²) < 4.78 is 5.03. The van der Waals surface area contributed by atoms with Crippen molar-refractivity contribution in [3.63, 3.8) is 0 Å². The van der Waals surface area contributed by atoms with Crippen LogP contribution in [-0.4, -0.2) is 17.6 Å². The average Bonchev–Trinajstić information content (AvgIpc) is 2.54. The Labute approximate surface area is 125 Å². The van der Waals surface area contributed by atoms with Crippen LogP contribution in [0.2, 0.25) is 0 Å². The van der Waals surface area contributed by atoms with Crippen molar-refractivity contribution < 1.29 is 9.53 Å². The molecule has 1 aromatic heterocycles. The van der Waals surface area contributed by atoms with E-state index in [4.69, 9.17) is 4.74 Å². The third-order valence-corrected chi connectivity index (χ3v) is 3.19. The monoisotopic (exact) mass is 284 g/mol. The molecule has 0 saturated heterocycles. The zero-order valence-corrected chi connectivity index (χ0v) is 12.4. The van der Waals surface area contributed by atoms with Gasteiger partial charge in [-0.3, -0.25) is 0 Å². The van der Waals surface area contributed by atoms with Crippen molar-refractivity contribution in [2.24, 2.45) is 0 Å². The minimum atomic E-state index is -0.352. The van der Waals surface area contributed by atoms with Gasteiger partial charge in [0, 0.05) is 12.7 Å². The second kappa shape index (κ2) is 7.43. The zero-order valence-electron chi connectivity index (χ0n) is 12.4. The Hall–Kier alpha value is -2.36. The number of nitrogens with zero attached hydrogens (tertiary/aromatic N) is 1. The van der Waals surface area contributed by atoms with E-state index >= 15 is 0 Å². The average molecular weight is 284 g/mol. The van der Waals surface area contributed by atoms with Crippen LogP contribution >= 0.6 is 0 Å². The van der Waals surface area contributed by atoms with Gasteiger partial charge < -0.3 is 10.1 Å². The largest absolute Gasteiger partial charge is 0.462 e. The molecule has 0 atom stereocenters. The highest BCUT2D eigenvalue weighted by Crippen LogP contribution is 2.14. The smallest absolute Gasteiger partial charge is 0.341 e. The van der Waals surface area contributed by atoms with Crippen LogP contribution in [0.4, 0.5) is 5.82 Å². The number of hydrogen-bond donors (Lipinski definition) is 1. The molecule has 0 bridgehead atoms. The second-order valence-electron chi connectivity index (χ2n) is 4.64. The fraction of sp³-hybridized carbons (Fsp3) is 0.294. The topological polar surface area (TPSA) is 51.2 Å². The van der Waals surface area contributed by atoms with Crippen molar-refractivity contribution >= 4 is 11.8 Å². The highest BCUT2D eigenvalue weighted by Gasteiger charge is 2.12. The van der Waals surface area contributed by atoms with Gasteiger partial charge in [-0.25, -0.2) is 9.78 Å². The molecule has 0 spiro atoms. The van der Waals surface area contributed by atoms with Gasteiger partial charge in [0.1, 0.15) is 11.4 Å². The lowest BCUT2D eigenvalue weighted by molar-refractivity contribution is 0.0527. The Morgan fingerprint density at radius 2 is 1.86 bits per heavy atom. The number of esters is 1. The Balaban J connectivity index is 2.07. The molecule has 2 aromatic rings. The van der Waals surface area contributed by atoms with Gasteiger partial charge in [0.25, 0.3) is 0 Å². The molecular formula is C17H20N2O2. The molecular weight excluding hydrogens is 264 g/mol. The molecule has 4 heteroatoms. The molecule has 0 aliphatic heterocycles. The summed E-state index contributed by atoms with van der Waals surface area (Å²) >= 11 is 0. The summed E-state index contributed by atoms with van der Waals surface area (Å²) in [6, 6.07) is 11.8. The third-order valence-electron chi connectivity index (χ3n) is 3.19. The van der Waals surface area contributed by atoms with Crippen molar-refractivity contribution in [2.45, 2.75) is 26.8 Å². The Bertz CT molecular complexity index is 594. The zero-order chi connectivity index (χ0) is 15.1. The molecule has 21 heavy (non-hydrogen) atoms. The number of rotatable bonds is 6. The minimum Gasteiger partial charge on any atom is -0.462 e. The summed E-state index contributed by atoms with van der Waals surface area (Å²) in [4.78, 5) is 16.1. The van der Waals surface area contributed by atoms with Gasteiger partial charge in [0.15, 0.2) is 0 Å². The summed E-state index contributed by atoms with van der Waals surface area (Å²) in [6.07, 6.45) is 2.69. The fourth-order valence-electron chi connectivity index (χ4n) is 2.00. The number of hydrogen-bond acceptors (Lipinski definition) is 4. The maximum atomic E-state index is 11.9. The van der Waals surface area contributed by atoms with Crippen molar-refractivity contribution in [1.29, 1.82) is 0 Å². The van der Waals surface area contributed by atoms with Crippen LogP contribution < -0.4 is 5.32 Å². The number of aromatic nitrogens is 1. The van der Waals surface area contributed by atoms with Gasteiger partial charge in [-0.15, -0.1) is 0 Å². The lowest BCUT2D eigenvalue weighted by Gasteiger charge is -2.10. The molecule has 1 N–H and O–H groups in total. The summed E-state index contributed by atoms with van der Waals surface area (Å²) in [5.41, 5.74) is 2.92. The van der Waals surface area contributed by atoms with Crippen LogP contribution in [0.5, 0.6) is 0 Å². The van der Waals surface area contributed by atoms with Crippen LogP contribution in [0.15, 0.2) is 42.6 Å². The molecule has 1 aromatic carbocycles. The summed E-state index contributed by atoms with van der Waals surface area (Å²) in [7, 11) is 0. The quantitative estimate of drug-likeness (QED) is 0.826. The number of carbonyl (C=O) groups is 1. The minimum absolute atomic E-state index is 0.352. The van der Waals surface area contributed by atoms with Crippen LogP contribution in [0.1, 0.15) is 35.3 Å². The number of ether oxygens (including phenoxy) is 1. The van der Waals surface area contributed by atoms with Crippen molar-refractivity contribution in [3.8, 4) is 0 Å². The molecule has 0 radical (unpaired) electrons. The van der Waals surface area contributed by atoms with Crippen molar-refractivity contribution in [2.75, 3.05) is 11.9 Å². The van der Waals surface area contributed by atoms with E-state index in [9.17, 15) is 4.79 Å². The Morgan fingerprint density at radius 1 is 1.14 bits per heavy atom. The van der Waals surface area contributed by atoms with E-state index in [0.717, 1.165) is 12.0 Å². The Kier molecular flexibility index (Phi) is 5.32. The molecule has 0 amide bonds. The number of anilines is 1. The van der Waals surface area contributed by atoms with E-state index < -0.39 is 0 Å².